The molecule has 43 valence electrons. The highest BCUT2D eigenvalue weighted by atomic mass is 79.9. The number of nitrogens with zero attached hydrogens (tertiary/aromatic N) is 2. The highest BCUT2D eigenvalue weighted by Gasteiger charge is 2.02. The van der Waals surface area contributed by atoms with Crippen LogP contribution >= 0.6 is 27.3 Å². The van der Waals surface area contributed by atoms with E-state index in [0.717, 1.165) is 9.83 Å². The lowest BCUT2D eigenvalue weighted by Gasteiger charge is -1.88. The van der Waals surface area contributed by atoms with Crippen LogP contribution in [-0.2, 0) is 0 Å². The van der Waals surface area contributed by atoms with Gasteiger partial charge in [-0.3, -0.25) is 0 Å². The van der Waals surface area contributed by atoms with E-state index in [1.165, 1.54) is 11.3 Å². The van der Waals surface area contributed by atoms with Gasteiger partial charge in [0.2, 0.25) is 0 Å². The first-order valence-corrected chi connectivity index (χ1v) is 3.73. The second kappa shape index (κ2) is 2.55. The lowest BCUT2D eigenvalue weighted by atomic mass is 10.5. The molecule has 0 N–H and O–H groups in total. The summed E-state index contributed by atoms with van der Waals surface area (Å²) in [6.07, 6.45) is 0. The van der Waals surface area contributed by atoms with Crippen LogP contribution in [0, 0.1) is 4.83 Å². The third-order valence-corrected chi connectivity index (χ3v) is 2.10. The van der Waals surface area contributed by atoms with E-state index < -0.39 is 0 Å². The van der Waals surface area contributed by atoms with Crippen LogP contribution < -0.4 is 0 Å². The number of hydrogen-bond donors (Lipinski definition) is 0. The first-order chi connectivity index (χ1) is 3.80. The summed E-state index contributed by atoms with van der Waals surface area (Å²) in [5.41, 5.74) is 1.71. The molecule has 1 radical (unpaired) electrons. The monoisotopic (exact) mass is 191 g/mol. The molecule has 4 heteroatoms. The molecule has 0 unspecified atom stereocenters. The SMILES string of the molecule is C[C](Br)c1nncs1. The molecule has 0 atom stereocenters. The van der Waals surface area contributed by atoms with E-state index in [1.54, 1.807) is 5.51 Å². The maximum atomic E-state index is 3.80. The minimum Gasteiger partial charge on any atom is -0.147 e. The van der Waals surface area contributed by atoms with E-state index >= 15 is 0 Å². The quantitative estimate of drug-likeness (QED) is 0.678. The Morgan fingerprint density at radius 3 is 2.88 bits per heavy atom. The molecule has 0 amide bonds. The van der Waals surface area contributed by atoms with E-state index in [4.69, 9.17) is 0 Å². The van der Waals surface area contributed by atoms with Gasteiger partial charge in [-0.15, -0.1) is 21.5 Å². The first-order valence-electron chi connectivity index (χ1n) is 2.06. The Morgan fingerprint density at radius 1 is 1.88 bits per heavy atom. The van der Waals surface area contributed by atoms with Crippen LogP contribution in [0.4, 0.5) is 0 Å². The van der Waals surface area contributed by atoms with Gasteiger partial charge in [0.1, 0.15) is 10.5 Å². The van der Waals surface area contributed by atoms with E-state index in [9.17, 15) is 0 Å². The van der Waals surface area contributed by atoms with Crippen LogP contribution in [0.2, 0.25) is 0 Å². The fraction of sp³-hybridized carbons (Fsp3) is 0.250. The zero-order valence-corrected chi connectivity index (χ0v) is 6.66. The van der Waals surface area contributed by atoms with Gasteiger partial charge in [-0.2, -0.15) is 0 Å². The molecule has 1 aromatic rings. The predicted molar refractivity (Wildman–Crippen MR) is 36.9 cm³/mol. The summed E-state index contributed by atoms with van der Waals surface area (Å²) in [4.78, 5) is 1.04. The Morgan fingerprint density at radius 2 is 2.62 bits per heavy atom. The van der Waals surface area contributed by atoms with E-state index in [0.29, 0.717) is 0 Å². The van der Waals surface area contributed by atoms with Gasteiger partial charge in [0.05, 0.1) is 4.83 Å². The Kier molecular flexibility index (Phi) is 1.96. The topological polar surface area (TPSA) is 25.8 Å². The summed E-state index contributed by atoms with van der Waals surface area (Å²) < 4.78 is 0. The molecule has 2 nitrogen and oxygen atoms in total. The minimum absolute atomic E-state index is 0.949. The molecule has 0 aliphatic rings. The van der Waals surface area contributed by atoms with Crippen LogP contribution in [0.3, 0.4) is 0 Å². The van der Waals surface area contributed by atoms with Crippen LogP contribution in [0.5, 0.6) is 0 Å². The molecular formula is C4H4BrN2S. The van der Waals surface area contributed by atoms with Crippen LogP contribution in [-0.4, -0.2) is 10.2 Å². The average molecular weight is 192 g/mol. The summed E-state index contributed by atoms with van der Waals surface area (Å²) in [6, 6.07) is 0. The molecule has 8 heavy (non-hydrogen) atoms. The molecular weight excluding hydrogens is 188 g/mol. The average Bonchev–Trinajstić information content (AvgIpc) is 2.12. The normalized spacial score (nSPS) is 10.4. The Labute approximate surface area is 60.1 Å². The van der Waals surface area contributed by atoms with Crippen molar-refractivity contribution in [2.45, 2.75) is 6.92 Å². The van der Waals surface area contributed by atoms with Gasteiger partial charge in [0, 0.05) is 0 Å². The smallest absolute Gasteiger partial charge is 0.135 e. The Balaban J connectivity index is 2.77. The Hall–Kier alpha value is 0.0400. The molecule has 0 saturated heterocycles. The van der Waals surface area contributed by atoms with Crippen molar-refractivity contribution in [3.63, 3.8) is 0 Å². The highest BCUT2D eigenvalue weighted by molar-refractivity contribution is 9.11. The molecule has 1 heterocycles. The van der Waals surface area contributed by atoms with Gasteiger partial charge in [-0.25, -0.2) is 0 Å². The number of hydrogen-bond acceptors (Lipinski definition) is 3. The van der Waals surface area contributed by atoms with Crippen molar-refractivity contribution in [2.75, 3.05) is 0 Å². The fourth-order valence-corrected chi connectivity index (χ4v) is 1.13. The minimum atomic E-state index is 0.949. The maximum absolute atomic E-state index is 3.80. The van der Waals surface area contributed by atoms with Crippen molar-refractivity contribution in [3.8, 4) is 0 Å². The van der Waals surface area contributed by atoms with Crippen molar-refractivity contribution in [2.24, 2.45) is 0 Å². The van der Waals surface area contributed by atoms with Crippen LogP contribution in [0.1, 0.15) is 11.9 Å². The third-order valence-electron chi connectivity index (χ3n) is 0.655. The Bertz CT molecular complexity index is 149. The molecule has 0 fully saturated rings. The van der Waals surface area contributed by atoms with Gasteiger partial charge >= 0.3 is 0 Å². The lowest BCUT2D eigenvalue weighted by molar-refractivity contribution is 1.05. The molecule has 1 rings (SSSR count). The van der Waals surface area contributed by atoms with E-state index in [-0.39, 0.29) is 0 Å². The summed E-state index contributed by atoms with van der Waals surface area (Å²) >= 11 is 4.81. The molecule has 1 aromatic heterocycles. The lowest BCUT2D eigenvalue weighted by Crippen LogP contribution is -1.80. The summed E-state index contributed by atoms with van der Waals surface area (Å²) in [6.45, 7) is 1.94. The fourth-order valence-electron chi connectivity index (χ4n) is 0.323. The van der Waals surface area contributed by atoms with Crippen molar-refractivity contribution in [3.05, 3.63) is 15.3 Å². The molecule has 0 aliphatic carbocycles. The van der Waals surface area contributed by atoms with Gasteiger partial charge in [-0.1, -0.05) is 15.9 Å². The molecule has 0 saturated carbocycles. The van der Waals surface area contributed by atoms with E-state index in [2.05, 4.69) is 26.1 Å². The number of rotatable bonds is 1. The van der Waals surface area contributed by atoms with Gasteiger partial charge < -0.3 is 0 Å². The summed E-state index contributed by atoms with van der Waals surface area (Å²) in [7, 11) is 0. The maximum Gasteiger partial charge on any atom is 0.135 e. The van der Waals surface area contributed by atoms with Crippen LogP contribution in [0.15, 0.2) is 5.51 Å². The molecule has 0 aliphatic heterocycles. The second-order valence-electron chi connectivity index (χ2n) is 1.28. The molecule has 0 aromatic carbocycles. The predicted octanol–water partition coefficient (Wildman–Crippen LogP) is 1.83. The molecule has 0 spiro atoms. The molecule has 0 bridgehead atoms. The zero-order valence-electron chi connectivity index (χ0n) is 4.26. The van der Waals surface area contributed by atoms with Crippen molar-refractivity contribution in [1.29, 1.82) is 0 Å². The third kappa shape index (κ3) is 1.26. The van der Waals surface area contributed by atoms with Gasteiger partial charge in [0.15, 0.2) is 0 Å². The summed E-state index contributed by atoms with van der Waals surface area (Å²) in [5.74, 6) is 0. The van der Waals surface area contributed by atoms with Crippen molar-refractivity contribution in [1.82, 2.24) is 10.2 Å². The van der Waals surface area contributed by atoms with E-state index in [1.807, 2.05) is 6.92 Å². The number of aromatic nitrogens is 2. The van der Waals surface area contributed by atoms with Crippen molar-refractivity contribution < 1.29 is 0 Å². The second-order valence-corrected chi connectivity index (χ2v) is 3.30. The zero-order chi connectivity index (χ0) is 5.98. The number of halogens is 1. The van der Waals surface area contributed by atoms with Crippen LogP contribution in [0.25, 0.3) is 0 Å². The van der Waals surface area contributed by atoms with Gasteiger partial charge in [0.25, 0.3) is 0 Å². The standard InChI is InChI=1S/C4H4BrN2S/c1-3(5)4-7-6-2-8-4/h2H,1H3. The van der Waals surface area contributed by atoms with Crippen molar-refractivity contribution >= 4 is 27.3 Å². The summed E-state index contributed by atoms with van der Waals surface area (Å²) in [5, 5.41) is 8.41. The largest absolute Gasteiger partial charge is 0.147 e. The van der Waals surface area contributed by atoms with Gasteiger partial charge in [-0.05, 0) is 6.92 Å². The highest BCUT2D eigenvalue weighted by Crippen LogP contribution is 2.20. The first kappa shape index (κ1) is 6.16.